The molecule has 0 aliphatic heterocycles. The summed E-state index contributed by atoms with van der Waals surface area (Å²) < 4.78 is 0. The lowest BCUT2D eigenvalue weighted by atomic mass is 10.1. The Hall–Kier alpha value is -3.09. The maximum absolute atomic E-state index is 12.1. The van der Waals surface area contributed by atoms with Crippen molar-refractivity contribution in [2.75, 3.05) is 0 Å². The van der Waals surface area contributed by atoms with Crippen LogP contribution >= 0.6 is 0 Å². The van der Waals surface area contributed by atoms with Gasteiger partial charge in [0.1, 0.15) is 11.4 Å². The zero-order chi connectivity index (χ0) is 14.4. The first-order valence-corrected chi connectivity index (χ1v) is 5.53. The first-order chi connectivity index (χ1) is 9.50. The zero-order valence-corrected chi connectivity index (χ0v) is 9.82. The van der Waals surface area contributed by atoms with Gasteiger partial charge < -0.3 is 10.2 Å². The van der Waals surface area contributed by atoms with Crippen LogP contribution in [-0.4, -0.2) is 37.9 Å². The highest BCUT2D eigenvalue weighted by Gasteiger charge is 2.33. The summed E-state index contributed by atoms with van der Waals surface area (Å²) in [5, 5.41) is 18.0. The Kier molecular flexibility index (Phi) is 2.37. The molecular weight excluding hydrogens is 264 g/mol. The van der Waals surface area contributed by atoms with Crippen LogP contribution in [0.3, 0.4) is 0 Å². The van der Waals surface area contributed by atoms with Crippen molar-refractivity contribution in [3.63, 3.8) is 0 Å². The highest BCUT2D eigenvalue weighted by atomic mass is 16.4. The minimum atomic E-state index is -1.54. The number of hydrogen-bond acceptors (Lipinski definition) is 5. The number of aromatic nitrogens is 2. The molecule has 0 radical (unpaired) electrons. The van der Waals surface area contributed by atoms with E-state index in [9.17, 15) is 14.4 Å². The molecule has 7 nitrogen and oxygen atoms in total. The molecule has 0 saturated carbocycles. The number of benzene rings is 1. The van der Waals surface area contributed by atoms with E-state index in [1.807, 2.05) is 0 Å². The van der Waals surface area contributed by atoms with Gasteiger partial charge in [0.2, 0.25) is 5.78 Å². The highest BCUT2D eigenvalue weighted by Crippen LogP contribution is 2.34. The second kappa shape index (κ2) is 3.95. The lowest BCUT2D eigenvalue weighted by molar-refractivity contribution is 0.0641. The van der Waals surface area contributed by atoms with E-state index >= 15 is 0 Å². The quantitative estimate of drug-likeness (QED) is 0.715. The number of nitrogens with zero attached hydrogens (tertiary/aromatic N) is 2. The number of rotatable bonds is 2. The second-order valence-corrected chi connectivity index (χ2v) is 4.10. The lowest BCUT2D eigenvalue weighted by Crippen LogP contribution is -2.16. The third-order valence-corrected chi connectivity index (χ3v) is 2.94. The Balaban J connectivity index is 2.36. The first-order valence-electron chi connectivity index (χ1n) is 5.53. The SMILES string of the molecule is O=C(O)c1nc2c(nc1C(=O)O)-c1ccccc1C2=O. The van der Waals surface area contributed by atoms with Crippen LogP contribution in [0.5, 0.6) is 0 Å². The predicted molar refractivity (Wildman–Crippen MR) is 64.8 cm³/mol. The summed E-state index contributed by atoms with van der Waals surface area (Å²) in [5.74, 6) is -3.50. The van der Waals surface area contributed by atoms with E-state index in [-0.39, 0.29) is 11.4 Å². The van der Waals surface area contributed by atoms with E-state index in [1.165, 1.54) is 0 Å². The molecule has 1 aliphatic rings. The van der Waals surface area contributed by atoms with Crippen molar-refractivity contribution in [1.82, 2.24) is 9.97 Å². The average molecular weight is 270 g/mol. The molecule has 7 heteroatoms. The minimum absolute atomic E-state index is 0.105. The summed E-state index contributed by atoms with van der Waals surface area (Å²) in [7, 11) is 0. The van der Waals surface area contributed by atoms with Crippen molar-refractivity contribution in [2.45, 2.75) is 0 Å². The van der Waals surface area contributed by atoms with Gasteiger partial charge in [0.15, 0.2) is 11.4 Å². The normalized spacial score (nSPS) is 11.9. The van der Waals surface area contributed by atoms with Crippen LogP contribution in [0.15, 0.2) is 24.3 Å². The molecule has 0 atom stereocenters. The van der Waals surface area contributed by atoms with Crippen LogP contribution in [0.4, 0.5) is 0 Å². The summed E-state index contributed by atoms with van der Waals surface area (Å²) >= 11 is 0. The van der Waals surface area contributed by atoms with Gasteiger partial charge in [0.25, 0.3) is 0 Å². The van der Waals surface area contributed by atoms with Gasteiger partial charge in [-0.05, 0) is 0 Å². The molecular formula is C13H6N2O5. The van der Waals surface area contributed by atoms with E-state index in [4.69, 9.17) is 10.2 Å². The van der Waals surface area contributed by atoms with E-state index in [2.05, 4.69) is 9.97 Å². The third-order valence-electron chi connectivity index (χ3n) is 2.94. The molecule has 1 aromatic heterocycles. The van der Waals surface area contributed by atoms with Gasteiger partial charge in [-0.15, -0.1) is 0 Å². The summed E-state index contributed by atoms with van der Waals surface area (Å²) in [6.45, 7) is 0. The van der Waals surface area contributed by atoms with Gasteiger partial charge in [-0.1, -0.05) is 24.3 Å². The molecule has 2 aromatic rings. The molecule has 0 unspecified atom stereocenters. The number of carboxylic acid groups (broad SMARTS) is 2. The van der Waals surface area contributed by atoms with Gasteiger partial charge >= 0.3 is 11.9 Å². The number of fused-ring (bicyclic) bond motifs is 3. The maximum Gasteiger partial charge on any atom is 0.357 e. The Morgan fingerprint density at radius 3 is 1.90 bits per heavy atom. The van der Waals surface area contributed by atoms with Crippen molar-refractivity contribution in [1.29, 1.82) is 0 Å². The molecule has 1 heterocycles. The van der Waals surface area contributed by atoms with Gasteiger partial charge in [-0.3, -0.25) is 4.79 Å². The first kappa shape index (κ1) is 12.0. The summed E-state index contributed by atoms with van der Waals surface area (Å²) in [4.78, 5) is 41.7. The molecule has 0 saturated heterocycles. The minimum Gasteiger partial charge on any atom is -0.476 e. The van der Waals surface area contributed by atoms with Gasteiger partial charge in [0, 0.05) is 11.1 Å². The standard InChI is InChI=1S/C13H6N2O5/c16-11-6-4-2-1-3-5(6)7-8(11)15-10(13(19)20)9(14-7)12(17)18/h1-4H,(H,17,18)(H,19,20). The summed E-state index contributed by atoms with van der Waals surface area (Å²) in [6.07, 6.45) is 0. The topological polar surface area (TPSA) is 117 Å². The van der Waals surface area contributed by atoms with Crippen LogP contribution < -0.4 is 0 Å². The fourth-order valence-electron chi connectivity index (χ4n) is 2.09. The van der Waals surface area contributed by atoms with Crippen LogP contribution in [0.1, 0.15) is 37.0 Å². The van der Waals surface area contributed by atoms with Crippen molar-refractivity contribution in [2.24, 2.45) is 0 Å². The summed E-state index contributed by atoms with van der Waals surface area (Å²) in [6, 6.07) is 6.50. The number of hydrogen-bond donors (Lipinski definition) is 2. The van der Waals surface area contributed by atoms with Gasteiger partial charge in [-0.2, -0.15) is 0 Å². The Bertz CT molecular complexity index is 797. The Labute approximate surface area is 111 Å². The van der Waals surface area contributed by atoms with E-state index in [0.717, 1.165) is 0 Å². The van der Waals surface area contributed by atoms with E-state index in [0.29, 0.717) is 11.1 Å². The Morgan fingerprint density at radius 2 is 1.35 bits per heavy atom. The number of carboxylic acids is 2. The number of aromatic carboxylic acids is 2. The second-order valence-electron chi connectivity index (χ2n) is 4.10. The van der Waals surface area contributed by atoms with Crippen LogP contribution in [-0.2, 0) is 0 Å². The molecule has 98 valence electrons. The largest absolute Gasteiger partial charge is 0.476 e. The number of carbonyl (C=O) groups is 3. The number of carbonyl (C=O) groups excluding carboxylic acids is 1. The molecule has 0 bridgehead atoms. The smallest absolute Gasteiger partial charge is 0.357 e. The molecule has 0 spiro atoms. The molecule has 0 fully saturated rings. The third kappa shape index (κ3) is 1.50. The van der Waals surface area contributed by atoms with Crippen LogP contribution in [0.2, 0.25) is 0 Å². The van der Waals surface area contributed by atoms with Crippen molar-refractivity contribution >= 4 is 17.7 Å². The van der Waals surface area contributed by atoms with Crippen molar-refractivity contribution in [3.8, 4) is 11.3 Å². The monoisotopic (exact) mass is 270 g/mol. The lowest BCUT2D eigenvalue weighted by Gasteiger charge is -2.03. The fourth-order valence-corrected chi connectivity index (χ4v) is 2.09. The van der Waals surface area contributed by atoms with Crippen molar-refractivity contribution < 1.29 is 24.6 Å². The molecule has 1 aliphatic carbocycles. The molecule has 0 amide bonds. The predicted octanol–water partition coefficient (Wildman–Crippen LogP) is 1.08. The maximum atomic E-state index is 12.1. The average Bonchev–Trinajstić information content (AvgIpc) is 2.71. The van der Waals surface area contributed by atoms with Gasteiger partial charge in [-0.25, -0.2) is 19.6 Å². The molecule has 3 rings (SSSR count). The summed E-state index contributed by atoms with van der Waals surface area (Å²) in [5.41, 5.74) is -0.652. The van der Waals surface area contributed by atoms with Crippen LogP contribution in [0, 0.1) is 0 Å². The molecule has 20 heavy (non-hydrogen) atoms. The van der Waals surface area contributed by atoms with Crippen molar-refractivity contribution in [3.05, 3.63) is 46.9 Å². The van der Waals surface area contributed by atoms with E-state index < -0.39 is 29.1 Å². The number of ketones is 1. The Morgan fingerprint density at radius 1 is 0.850 bits per heavy atom. The molecule has 2 N–H and O–H groups in total. The molecule has 1 aromatic carbocycles. The van der Waals surface area contributed by atoms with E-state index in [1.54, 1.807) is 24.3 Å². The highest BCUT2D eigenvalue weighted by molar-refractivity contribution is 6.20. The zero-order valence-electron chi connectivity index (χ0n) is 9.82. The van der Waals surface area contributed by atoms with Gasteiger partial charge in [0.05, 0.1) is 0 Å². The fraction of sp³-hybridized carbons (Fsp3) is 0. The van der Waals surface area contributed by atoms with Crippen LogP contribution in [0.25, 0.3) is 11.3 Å².